The lowest BCUT2D eigenvalue weighted by atomic mass is 10.2. The molecule has 1 aliphatic rings. The number of nitrogens with zero attached hydrogens (tertiary/aromatic N) is 1. The van der Waals surface area contributed by atoms with E-state index in [0.717, 1.165) is 43.9 Å². The van der Waals surface area contributed by atoms with Crippen LogP contribution in [0.25, 0.3) is 0 Å². The number of halogens is 1. The van der Waals surface area contributed by atoms with Gasteiger partial charge in [0.25, 0.3) is 0 Å². The molecule has 0 aliphatic carbocycles. The average molecular weight is 413 g/mol. The molecule has 1 aliphatic heterocycles. The van der Waals surface area contributed by atoms with Crippen LogP contribution in [0.5, 0.6) is 0 Å². The number of carbonyl (C=O) groups is 1. The van der Waals surface area contributed by atoms with Crippen LogP contribution >= 0.6 is 12.4 Å². The molecule has 0 radical (unpaired) electrons. The van der Waals surface area contributed by atoms with E-state index in [4.69, 9.17) is 9.47 Å². The van der Waals surface area contributed by atoms with Crippen LogP contribution in [-0.2, 0) is 16.1 Å². The molecule has 0 spiro atoms. The van der Waals surface area contributed by atoms with Crippen LogP contribution in [0.2, 0.25) is 0 Å². The van der Waals surface area contributed by atoms with Crippen molar-refractivity contribution in [2.75, 3.05) is 38.2 Å². The fourth-order valence-corrected chi connectivity index (χ4v) is 3.34. The van der Waals surface area contributed by atoms with Crippen LogP contribution in [0.15, 0.2) is 24.3 Å². The van der Waals surface area contributed by atoms with E-state index in [-0.39, 0.29) is 18.5 Å². The number of amides is 1. The van der Waals surface area contributed by atoms with Gasteiger partial charge in [0, 0.05) is 18.8 Å². The minimum Gasteiger partial charge on any atom is -0.448 e. The molecule has 1 aromatic carbocycles. The third-order valence-electron chi connectivity index (χ3n) is 4.92. The summed E-state index contributed by atoms with van der Waals surface area (Å²) in [6.07, 6.45) is 9.58. The highest BCUT2D eigenvalue weighted by atomic mass is 35.5. The number of hydrogen-bond acceptors (Lipinski definition) is 4. The second-order valence-electron chi connectivity index (χ2n) is 7.33. The molecule has 6 heteroatoms. The summed E-state index contributed by atoms with van der Waals surface area (Å²) in [5.74, 6) is 0. The van der Waals surface area contributed by atoms with Gasteiger partial charge in [-0.15, -0.1) is 12.4 Å². The summed E-state index contributed by atoms with van der Waals surface area (Å²) in [6, 6.07) is 7.77. The number of hydrogen-bond donors (Lipinski definition) is 1. The van der Waals surface area contributed by atoms with Gasteiger partial charge in [-0.3, -0.25) is 10.2 Å². The zero-order valence-corrected chi connectivity index (χ0v) is 18.1. The Bertz CT molecular complexity index is 534. The van der Waals surface area contributed by atoms with Crippen LogP contribution in [-0.4, -0.2) is 43.8 Å². The molecule has 1 N–H and O–H groups in total. The number of ether oxygens (including phenoxy) is 2. The molecule has 5 nitrogen and oxygen atoms in total. The lowest BCUT2D eigenvalue weighted by Crippen LogP contribution is -2.30. The van der Waals surface area contributed by atoms with Crippen molar-refractivity contribution in [1.82, 2.24) is 4.90 Å². The Balaban J connectivity index is 0.00000392. The fourth-order valence-electron chi connectivity index (χ4n) is 3.34. The highest BCUT2D eigenvalue weighted by Gasteiger charge is 2.10. The first-order chi connectivity index (χ1) is 13.3. The second kappa shape index (κ2) is 15.6. The maximum Gasteiger partial charge on any atom is 0.411 e. The van der Waals surface area contributed by atoms with Crippen molar-refractivity contribution in [2.24, 2.45) is 0 Å². The summed E-state index contributed by atoms with van der Waals surface area (Å²) < 4.78 is 11.1. The minimum absolute atomic E-state index is 0. The van der Waals surface area contributed by atoms with Crippen LogP contribution in [0.3, 0.4) is 0 Å². The van der Waals surface area contributed by atoms with E-state index in [1.807, 2.05) is 24.3 Å². The topological polar surface area (TPSA) is 50.8 Å². The molecule has 0 aromatic heterocycles. The molecule has 0 atom stereocenters. The van der Waals surface area contributed by atoms with Crippen molar-refractivity contribution in [2.45, 2.75) is 64.9 Å². The van der Waals surface area contributed by atoms with E-state index in [0.29, 0.717) is 13.2 Å². The van der Waals surface area contributed by atoms with E-state index >= 15 is 0 Å². The summed E-state index contributed by atoms with van der Waals surface area (Å²) in [7, 11) is 0. The van der Waals surface area contributed by atoms with Crippen LogP contribution < -0.4 is 5.32 Å². The van der Waals surface area contributed by atoms with Crippen molar-refractivity contribution in [3.05, 3.63) is 29.8 Å². The van der Waals surface area contributed by atoms with Crippen molar-refractivity contribution in [3.63, 3.8) is 0 Å². The zero-order chi connectivity index (χ0) is 19.2. The van der Waals surface area contributed by atoms with Crippen LogP contribution in [0, 0.1) is 0 Å². The monoisotopic (exact) mass is 412 g/mol. The molecule has 1 saturated heterocycles. The van der Waals surface area contributed by atoms with Gasteiger partial charge in [-0.05, 0) is 50.0 Å². The summed E-state index contributed by atoms with van der Waals surface area (Å²) >= 11 is 0. The fraction of sp³-hybridized carbons (Fsp3) is 0.682. The largest absolute Gasteiger partial charge is 0.448 e. The Morgan fingerprint density at radius 3 is 2.61 bits per heavy atom. The molecule has 1 fully saturated rings. The summed E-state index contributed by atoms with van der Waals surface area (Å²) in [5.41, 5.74) is 1.81. The number of anilines is 1. The number of carbonyl (C=O) groups excluding carboxylic acids is 1. The summed E-state index contributed by atoms with van der Waals surface area (Å²) in [5, 5.41) is 2.82. The summed E-state index contributed by atoms with van der Waals surface area (Å²) in [6.45, 7) is 7.06. The highest BCUT2D eigenvalue weighted by molar-refractivity contribution is 5.85. The Hall–Kier alpha value is -1.30. The summed E-state index contributed by atoms with van der Waals surface area (Å²) in [4.78, 5) is 14.4. The van der Waals surface area contributed by atoms with Crippen LogP contribution in [0.1, 0.15) is 63.9 Å². The van der Waals surface area contributed by atoms with Gasteiger partial charge >= 0.3 is 6.09 Å². The smallest absolute Gasteiger partial charge is 0.411 e. The molecule has 160 valence electrons. The molecular formula is C22H37ClN2O3. The van der Waals surface area contributed by atoms with E-state index in [9.17, 15) is 4.79 Å². The molecule has 0 unspecified atom stereocenters. The first kappa shape index (κ1) is 24.7. The Kier molecular flexibility index (Phi) is 13.8. The van der Waals surface area contributed by atoms with Crippen LogP contribution in [0.4, 0.5) is 10.5 Å². The lowest BCUT2D eigenvalue weighted by molar-refractivity contribution is 0.117. The number of nitrogens with one attached hydrogen (secondary N) is 1. The van der Waals surface area contributed by atoms with Gasteiger partial charge in [0.2, 0.25) is 0 Å². The highest BCUT2D eigenvalue weighted by Crippen LogP contribution is 2.13. The lowest BCUT2D eigenvalue weighted by Gasteiger charge is -2.19. The predicted molar refractivity (Wildman–Crippen MR) is 117 cm³/mol. The van der Waals surface area contributed by atoms with Gasteiger partial charge < -0.3 is 9.47 Å². The minimum atomic E-state index is -0.387. The maximum absolute atomic E-state index is 12.0. The average Bonchev–Trinajstić information content (AvgIpc) is 2.94. The number of benzene rings is 1. The Labute approximate surface area is 176 Å². The van der Waals surface area contributed by atoms with Crippen molar-refractivity contribution >= 4 is 24.2 Å². The van der Waals surface area contributed by atoms with Crippen molar-refractivity contribution < 1.29 is 14.3 Å². The first-order valence-electron chi connectivity index (χ1n) is 10.6. The predicted octanol–water partition coefficient (Wildman–Crippen LogP) is 5.63. The standard InChI is InChI=1S/C22H36N2O3.ClH/c1-2-3-4-9-16-26-19-20-11-10-12-21(18-20)23-22(25)27-17-15-24-13-7-5-6-8-14-24;/h10-12,18H,2-9,13-17,19H2,1H3,(H,23,25);1H. The molecule has 28 heavy (non-hydrogen) atoms. The van der Waals surface area contributed by atoms with Gasteiger partial charge in [0.15, 0.2) is 0 Å². The third-order valence-corrected chi connectivity index (χ3v) is 4.92. The maximum atomic E-state index is 12.0. The first-order valence-corrected chi connectivity index (χ1v) is 10.6. The molecule has 0 saturated carbocycles. The Morgan fingerprint density at radius 2 is 1.86 bits per heavy atom. The van der Waals surface area contributed by atoms with Gasteiger partial charge in [-0.2, -0.15) is 0 Å². The Morgan fingerprint density at radius 1 is 1.07 bits per heavy atom. The van der Waals surface area contributed by atoms with Crippen molar-refractivity contribution in [1.29, 1.82) is 0 Å². The van der Waals surface area contributed by atoms with Gasteiger partial charge in [-0.1, -0.05) is 51.2 Å². The molecule has 1 aromatic rings. The zero-order valence-electron chi connectivity index (χ0n) is 17.3. The molecule has 0 bridgehead atoms. The normalized spacial score (nSPS) is 14.8. The molecular weight excluding hydrogens is 376 g/mol. The quantitative estimate of drug-likeness (QED) is 0.478. The molecule has 2 rings (SSSR count). The van der Waals surface area contributed by atoms with E-state index in [1.54, 1.807) is 0 Å². The van der Waals surface area contributed by atoms with Crippen molar-refractivity contribution in [3.8, 4) is 0 Å². The SMILES string of the molecule is CCCCCCOCc1cccc(NC(=O)OCCN2CCCCCC2)c1.Cl. The van der Waals surface area contributed by atoms with E-state index in [2.05, 4.69) is 17.1 Å². The van der Waals surface area contributed by atoms with Gasteiger partial charge in [0.05, 0.1) is 6.61 Å². The van der Waals surface area contributed by atoms with Gasteiger partial charge in [-0.25, -0.2) is 4.79 Å². The second-order valence-corrected chi connectivity index (χ2v) is 7.33. The molecule has 1 heterocycles. The number of likely N-dealkylation sites (tertiary alicyclic amines) is 1. The van der Waals surface area contributed by atoms with E-state index < -0.39 is 0 Å². The van der Waals surface area contributed by atoms with E-state index in [1.165, 1.54) is 44.9 Å². The number of rotatable bonds is 11. The molecule has 1 amide bonds. The third kappa shape index (κ3) is 10.9. The number of unbranched alkanes of at least 4 members (excludes halogenated alkanes) is 3. The van der Waals surface area contributed by atoms with Gasteiger partial charge in [0.1, 0.15) is 6.61 Å².